The Bertz CT molecular complexity index is 2090. The second-order valence-electron chi connectivity index (χ2n) is 11.9. The fourth-order valence-corrected chi connectivity index (χ4v) is 7.76. The summed E-state index contributed by atoms with van der Waals surface area (Å²) in [4.78, 5) is 53.3. The second-order valence-corrected chi connectivity index (χ2v) is 13.6. The number of sulfonamides is 1. The minimum Gasteiger partial charge on any atom is -0.277 e. The van der Waals surface area contributed by atoms with Crippen LogP contribution in [0, 0.1) is 27.7 Å². The van der Waals surface area contributed by atoms with Gasteiger partial charge in [0.25, 0.3) is 23.6 Å². The zero-order chi connectivity index (χ0) is 36.0. The Morgan fingerprint density at radius 3 is 1.62 bits per heavy atom. The molecule has 0 aromatic heterocycles. The summed E-state index contributed by atoms with van der Waals surface area (Å²) in [6, 6.07) is 6.06. The van der Waals surface area contributed by atoms with Crippen LogP contribution in [0.5, 0.6) is 0 Å². The van der Waals surface area contributed by atoms with Gasteiger partial charge in [-0.2, -0.15) is 26.3 Å². The molecule has 48 heavy (non-hydrogen) atoms. The summed E-state index contributed by atoms with van der Waals surface area (Å²) >= 11 is 0. The zero-order valence-electron chi connectivity index (χ0n) is 26.2. The molecule has 5 rings (SSSR count). The molecule has 4 amide bonds. The molecule has 0 radical (unpaired) electrons. The smallest absolute Gasteiger partial charge is 0.277 e. The minimum atomic E-state index is -5.02. The van der Waals surface area contributed by atoms with E-state index in [1.54, 1.807) is 0 Å². The molecule has 3 aromatic carbocycles. The van der Waals surface area contributed by atoms with E-state index in [4.69, 9.17) is 0 Å². The average Bonchev–Trinajstić information content (AvgIpc) is 3.37. The monoisotopic (exact) mass is 695 g/mol. The molecule has 0 fully saturated rings. The van der Waals surface area contributed by atoms with Gasteiger partial charge in [-0.25, -0.2) is 18.0 Å². The number of alkyl halides is 6. The van der Waals surface area contributed by atoms with Crippen molar-refractivity contribution in [3.8, 4) is 0 Å². The van der Waals surface area contributed by atoms with Crippen molar-refractivity contribution < 1.29 is 53.9 Å². The molecule has 2 aliphatic heterocycles. The van der Waals surface area contributed by atoms with Crippen LogP contribution in [0.1, 0.15) is 81.7 Å². The molecule has 0 saturated carbocycles. The first-order valence-electron chi connectivity index (χ1n) is 14.2. The molecule has 9 nitrogen and oxygen atoms in total. The maximum atomic E-state index is 15.0. The number of carbonyl (C=O) groups is 4. The molecule has 254 valence electrons. The van der Waals surface area contributed by atoms with Crippen LogP contribution in [0.4, 0.5) is 32.0 Å². The SMILES string of the molecule is Cc1c(C)c(N2C(=O)c3ccc(C(C)(c4ccc5c(c4)C(=O)N(C)C5=O)C(F)(F)F)cc3C2=O)c(C)c(S(=O)(=O)NCC(F)(F)F)c1C. The molecule has 0 saturated heterocycles. The molecule has 1 atom stereocenters. The molecule has 0 aliphatic carbocycles. The third-order valence-electron chi connectivity index (χ3n) is 9.17. The van der Waals surface area contributed by atoms with Crippen molar-refractivity contribution in [1.82, 2.24) is 9.62 Å². The summed E-state index contributed by atoms with van der Waals surface area (Å²) in [5, 5.41) is 0. The van der Waals surface area contributed by atoms with Crippen molar-refractivity contribution >= 4 is 39.3 Å². The highest BCUT2D eigenvalue weighted by Crippen LogP contribution is 2.48. The Hall–Kier alpha value is -4.57. The number of anilines is 1. The molecule has 3 aromatic rings. The van der Waals surface area contributed by atoms with Crippen LogP contribution in [-0.2, 0) is 15.4 Å². The predicted octanol–water partition coefficient (Wildman–Crippen LogP) is 5.66. The number of hydrogen-bond donors (Lipinski definition) is 1. The van der Waals surface area contributed by atoms with Gasteiger partial charge in [-0.05, 0) is 92.3 Å². The quantitative estimate of drug-likeness (QED) is 0.263. The van der Waals surface area contributed by atoms with Gasteiger partial charge in [0.15, 0.2) is 0 Å². The lowest BCUT2D eigenvalue weighted by molar-refractivity contribution is -0.173. The van der Waals surface area contributed by atoms with E-state index >= 15 is 0 Å². The summed E-state index contributed by atoms with van der Waals surface area (Å²) < 4.78 is 111. The third kappa shape index (κ3) is 5.08. The van der Waals surface area contributed by atoms with Crippen LogP contribution in [0.3, 0.4) is 0 Å². The van der Waals surface area contributed by atoms with E-state index in [-0.39, 0.29) is 44.6 Å². The zero-order valence-corrected chi connectivity index (χ0v) is 27.0. The number of nitrogens with zero attached hydrogens (tertiary/aromatic N) is 2. The Kier molecular flexibility index (Phi) is 7.95. The molecule has 0 spiro atoms. The highest BCUT2D eigenvalue weighted by atomic mass is 32.2. The van der Waals surface area contributed by atoms with Crippen molar-refractivity contribution in [1.29, 1.82) is 0 Å². The first-order valence-corrected chi connectivity index (χ1v) is 15.7. The summed E-state index contributed by atoms with van der Waals surface area (Å²) in [5.74, 6) is -3.54. The van der Waals surface area contributed by atoms with Gasteiger partial charge in [0.2, 0.25) is 10.0 Å². The van der Waals surface area contributed by atoms with Crippen molar-refractivity contribution in [3.05, 3.63) is 92.0 Å². The number of nitrogens with one attached hydrogen (secondary N) is 1. The highest BCUT2D eigenvalue weighted by Gasteiger charge is 2.55. The van der Waals surface area contributed by atoms with Crippen LogP contribution in [0.2, 0.25) is 0 Å². The number of rotatable bonds is 6. The first kappa shape index (κ1) is 34.8. The molecule has 16 heteroatoms. The van der Waals surface area contributed by atoms with Crippen molar-refractivity contribution in [2.75, 3.05) is 18.5 Å². The van der Waals surface area contributed by atoms with Crippen molar-refractivity contribution in [2.24, 2.45) is 0 Å². The van der Waals surface area contributed by atoms with Crippen LogP contribution in [0.25, 0.3) is 0 Å². The van der Waals surface area contributed by atoms with Gasteiger partial charge in [0.1, 0.15) is 12.0 Å². The number of amides is 4. The predicted molar refractivity (Wildman–Crippen MR) is 160 cm³/mol. The van der Waals surface area contributed by atoms with E-state index in [1.165, 1.54) is 39.5 Å². The van der Waals surface area contributed by atoms with Crippen LogP contribution < -0.4 is 9.62 Å². The van der Waals surface area contributed by atoms with E-state index in [9.17, 15) is 53.9 Å². The summed E-state index contributed by atoms with van der Waals surface area (Å²) in [7, 11) is -3.64. The number of hydrogen-bond acceptors (Lipinski definition) is 6. The summed E-state index contributed by atoms with van der Waals surface area (Å²) in [6.07, 6.45) is -9.90. The maximum Gasteiger partial charge on any atom is 0.402 e. The van der Waals surface area contributed by atoms with Gasteiger partial charge in [0.05, 0.1) is 32.8 Å². The van der Waals surface area contributed by atoms with E-state index in [0.717, 1.165) is 48.2 Å². The van der Waals surface area contributed by atoms with E-state index in [0.29, 0.717) is 4.90 Å². The Labute approximate surface area is 270 Å². The van der Waals surface area contributed by atoms with Crippen LogP contribution in [0.15, 0.2) is 41.3 Å². The lowest BCUT2D eigenvalue weighted by Gasteiger charge is -2.33. The minimum absolute atomic E-state index is 0.0731. The van der Waals surface area contributed by atoms with Gasteiger partial charge >= 0.3 is 12.4 Å². The fourth-order valence-electron chi connectivity index (χ4n) is 6.21. The largest absolute Gasteiger partial charge is 0.402 e. The number of carbonyl (C=O) groups excluding carboxylic acids is 4. The van der Waals surface area contributed by atoms with Crippen LogP contribution >= 0.6 is 0 Å². The number of halogens is 6. The van der Waals surface area contributed by atoms with Crippen LogP contribution in [-0.4, -0.2) is 62.9 Å². The number of benzene rings is 3. The lowest BCUT2D eigenvalue weighted by Crippen LogP contribution is -2.41. The Morgan fingerprint density at radius 1 is 0.667 bits per heavy atom. The third-order valence-corrected chi connectivity index (χ3v) is 10.8. The molecule has 0 bridgehead atoms. The van der Waals surface area contributed by atoms with E-state index in [2.05, 4.69) is 0 Å². The number of fused-ring (bicyclic) bond motifs is 2. The molecule has 1 unspecified atom stereocenters. The molecule has 2 heterocycles. The second kappa shape index (κ2) is 11.0. The highest BCUT2D eigenvalue weighted by molar-refractivity contribution is 7.89. The maximum absolute atomic E-state index is 15.0. The summed E-state index contributed by atoms with van der Waals surface area (Å²) in [5.41, 5.74) is -4.66. The van der Waals surface area contributed by atoms with Gasteiger partial charge in [-0.1, -0.05) is 12.1 Å². The Balaban J connectivity index is 1.64. The standard InChI is InChI=1S/C32H27F6N3O6S/c1-14-15(2)24(17(4)25(16(14)3)48(46,47)39-13-31(33,34)35)41-28(44)21-10-8-19(12-23(21)29(41)45)30(5,32(36,37)38)18-7-9-20-22(11-18)27(43)40(6)26(20)42/h7-12,39H,13H2,1-6H3. The topological polar surface area (TPSA) is 121 Å². The fraction of sp³-hybridized carbons (Fsp3) is 0.312. The normalized spacial score (nSPS) is 16.5. The molecule has 1 N–H and O–H groups in total. The van der Waals surface area contributed by atoms with Gasteiger partial charge in [-0.3, -0.25) is 24.1 Å². The molecular weight excluding hydrogens is 668 g/mol. The lowest BCUT2D eigenvalue weighted by atomic mass is 9.74. The van der Waals surface area contributed by atoms with Gasteiger partial charge in [0, 0.05) is 7.05 Å². The van der Waals surface area contributed by atoms with E-state index < -0.39 is 79.6 Å². The average molecular weight is 696 g/mol. The molecular formula is C32H27F6N3O6S. The van der Waals surface area contributed by atoms with Crippen molar-refractivity contribution in [3.63, 3.8) is 0 Å². The number of imide groups is 2. The first-order chi connectivity index (χ1) is 22.0. The van der Waals surface area contributed by atoms with E-state index in [1.807, 2.05) is 0 Å². The Morgan fingerprint density at radius 2 is 1.12 bits per heavy atom. The molecule has 2 aliphatic rings. The van der Waals surface area contributed by atoms with Gasteiger partial charge in [-0.15, -0.1) is 0 Å². The van der Waals surface area contributed by atoms with Crippen molar-refractivity contribution in [2.45, 2.75) is 57.3 Å². The van der Waals surface area contributed by atoms with Gasteiger partial charge < -0.3 is 0 Å². The summed E-state index contributed by atoms with van der Waals surface area (Å²) in [6.45, 7) is 4.43.